The van der Waals surface area contributed by atoms with Crippen molar-refractivity contribution in [1.82, 2.24) is 4.98 Å². The summed E-state index contributed by atoms with van der Waals surface area (Å²) in [5.41, 5.74) is 1.58. The zero-order valence-corrected chi connectivity index (χ0v) is 7.43. The summed E-state index contributed by atoms with van der Waals surface area (Å²) >= 11 is 0. The van der Waals surface area contributed by atoms with Gasteiger partial charge < -0.3 is 4.42 Å². The molecule has 0 fully saturated rings. The fraction of sp³-hybridized carbons (Fsp3) is 0. The highest BCUT2D eigenvalue weighted by molar-refractivity contribution is 5.62. The number of fused-ring (bicyclic) bond motifs is 1. The second-order valence-corrected chi connectivity index (χ2v) is 2.87. The van der Waals surface area contributed by atoms with Crippen molar-refractivity contribution < 1.29 is 38.3 Å². The van der Waals surface area contributed by atoms with Crippen LogP contribution in [0, 0.1) is 10.2 Å². The Hall–Kier alpha value is -1.25. The molecule has 0 atom stereocenters. The molecule has 0 unspecified atom stereocenters. The molecule has 2 aromatic rings. The molecule has 0 spiro atoms. The van der Waals surface area contributed by atoms with Crippen molar-refractivity contribution in [1.29, 1.82) is 0 Å². The minimum atomic E-state index is -4.94. The van der Waals surface area contributed by atoms with E-state index in [0.29, 0.717) is 0 Å². The van der Waals surface area contributed by atoms with Gasteiger partial charge in [0.1, 0.15) is 0 Å². The van der Waals surface area contributed by atoms with E-state index >= 15 is 0 Å². The van der Waals surface area contributed by atoms with E-state index in [9.17, 15) is 0 Å². The zero-order valence-electron chi connectivity index (χ0n) is 6.68. The highest BCUT2D eigenvalue weighted by Gasteiger charge is 2.00. The predicted octanol–water partition coefficient (Wildman–Crippen LogP) is -4.11. The molecular weight excluding hydrogens is 216 g/mol. The van der Waals surface area contributed by atoms with Crippen LogP contribution in [-0.2, 0) is 0 Å². The van der Waals surface area contributed by atoms with Crippen LogP contribution in [0.1, 0.15) is 0 Å². The van der Waals surface area contributed by atoms with Gasteiger partial charge in [-0.15, -0.1) is 10.2 Å². The Morgan fingerprint density at radius 1 is 1.29 bits per heavy atom. The summed E-state index contributed by atoms with van der Waals surface area (Å²) in [6.07, 6.45) is 3.22. The van der Waals surface area contributed by atoms with Crippen LogP contribution in [0.5, 0.6) is 0 Å². The van der Waals surface area contributed by atoms with E-state index in [1.165, 1.54) is 6.39 Å². The maximum atomic E-state index is 8.49. The lowest BCUT2D eigenvalue weighted by molar-refractivity contribution is -2.00. The normalized spacial score (nSPS) is 10.9. The molecule has 2 heterocycles. The van der Waals surface area contributed by atoms with Gasteiger partial charge in [-0.1, -0.05) is 0 Å². The number of oxazole rings is 1. The quantitative estimate of drug-likeness (QED) is 0.443. The molecule has 8 heteroatoms. The number of aromatic nitrogens is 2. The van der Waals surface area contributed by atoms with Gasteiger partial charge in [0, 0.05) is 6.07 Å². The number of nitrogens with one attached hydrogen (secondary N) is 1. The third-order valence-corrected chi connectivity index (χ3v) is 1.16. The molecule has 0 aromatic carbocycles. The van der Waals surface area contributed by atoms with Gasteiger partial charge in [-0.05, 0) is 6.07 Å². The maximum absolute atomic E-state index is 8.49. The average molecular weight is 221 g/mol. The van der Waals surface area contributed by atoms with Gasteiger partial charge in [0.2, 0.25) is 0 Å². The van der Waals surface area contributed by atoms with E-state index in [1.54, 1.807) is 6.20 Å². The van der Waals surface area contributed by atoms with Crippen LogP contribution in [0.25, 0.3) is 11.2 Å². The summed E-state index contributed by atoms with van der Waals surface area (Å²) in [4.78, 5) is 6.82. The van der Waals surface area contributed by atoms with Crippen molar-refractivity contribution in [3.63, 3.8) is 0 Å². The third-order valence-electron chi connectivity index (χ3n) is 1.16. The number of aromatic amines is 1. The Morgan fingerprint density at radius 3 is 2.50 bits per heavy atom. The molecule has 0 aliphatic heterocycles. The molecule has 76 valence electrons. The van der Waals surface area contributed by atoms with E-state index in [1.807, 2.05) is 12.1 Å². The lowest BCUT2D eigenvalue weighted by Crippen LogP contribution is -2.68. The first-order valence-electron chi connectivity index (χ1n) is 3.28. The summed E-state index contributed by atoms with van der Waals surface area (Å²) < 4.78 is 38.9. The lowest BCUT2D eigenvalue weighted by Gasteiger charge is -2.17. The number of hydrogen-bond donors (Lipinski definition) is 0. The van der Waals surface area contributed by atoms with Crippen LogP contribution < -0.4 is 23.6 Å². The molecular formula is C6H5ClN2O5. The van der Waals surface area contributed by atoms with E-state index in [-0.39, 0.29) is 0 Å². The van der Waals surface area contributed by atoms with Crippen molar-refractivity contribution in [2.24, 2.45) is 0 Å². The van der Waals surface area contributed by atoms with Crippen molar-refractivity contribution in [2.45, 2.75) is 0 Å². The Bertz CT molecular complexity index is 362. The van der Waals surface area contributed by atoms with Crippen molar-refractivity contribution in [3.8, 4) is 0 Å². The van der Waals surface area contributed by atoms with Gasteiger partial charge in [-0.3, -0.25) is 0 Å². The molecule has 0 aliphatic carbocycles. The fourth-order valence-corrected chi connectivity index (χ4v) is 0.745. The predicted molar refractivity (Wildman–Crippen MR) is 30.6 cm³/mol. The van der Waals surface area contributed by atoms with Gasteiger partial charge >= 0.3 is 5.71 Å². The Kier molecular flexibility index (Phi) is 3.33. The van der Waals surface area contributed by atoms with Gasteiger partial charge in [0.15, 0.2) is 18.1 Å². The highest BCUT2D eigenvalue weighted by Crippen LogP contribution is 2.01. The summed E-state index contributed by atoms with van der Waals surface area (Å²) in [6.45, 7) is 0. The molecule has 2 aromatic heterocycles. The van der Waals surface area contributed by atoms with Crippen LogP contribution in [0.3, 0.4) is 0 Å². The first-order chi connectivity index (χ1) is 6.47. The zero-order chi connectivity index (χ0) is 10.6. The van der Waals surface area contributed by atoms with E-state index in [4.69, 9.17) is 23.1 Å². The first kappa shape index (κ1) is 10.8. The SMILES string of the molecule is [O-][Cl+3]([O-])([O-])[O-].c1c[nH+]c2ocnc2c1. The number of hydrogen-bond acceptors (Lipinski definition) is 6. The van der Waals surface area contributed by atoms with E-state index < -0.39 is 10.2 Å². The molecule has 7 nitrogen and oxygen atoms in total. The second-order valence-electron chi connectivity index (χ2n) is 2.11. The molecule has 14 heavy (non-hydrogen) atoms. The molecule has 0 saturated carbocycles. The minimum Gasteiger partial charge on any atom is -0.391 e. The van der Waals surface area contributed by atoms with Crippen LogP contribution in [0.2, 0.25) is 0 Å². The highest BCUT2D eigenvalue weighted by atomic mass is 35.7. The second kappa shape index (κ2) is 4.31. The summed E-state index contributed by atoms with van der Waals surface area (Å²) in [5.74, 6) is 0. The Morgan fingerprint density at radius 2 is 1.93 bits per heavy atom. The molecule has 0 aliphatic rings. The fourth-order valence-electron chi connectivity index (χ4n) is 0.745. The van der Waals surface area contributed by atoms with E-state index in [2.05, 4.69) is 9.97 Å². The van der Waals surface area contributed by atoms with Gasteiger partial charge in [-0.2, -0.15) is 4.98 Å². The van der Waals surface area contributed by atoms with Crippen LogP contribution >= 0.6 is 0 Å². The molecule has 2 rings (SSSR count). The summed E-state index contributed by atoms with van der Waals surface area (Å²) in [5, 5.41) is 0. The van der Waals surface area contributed by atoms with Crippen LogP contribution in [0.15, 0.2) is 29.1 Å². The van der Waals surface area contributed by atoms with Gasteiger partial charge in [-0.25, -0.2) is 23.6 Å². The largest absolute Gasteiger partial charge is 0.399 e. The van der Waals surface area contributed by atoms with Crippen molar-refractivity contribution in [2.75, 3.05) is 0 Å². The van der Waals surface area contributed by atoms with Gasteiger partial charge in [0.05, 0.1) is 0 Å². The molecule has 0 radical (unpaired) electrons. The molecule has 0 saturated heterocycles. The van der Waals surface area contributed by atoms with Crippen LogP contribution in [0.4, 0.5) is 0 Å². The lowest BCUT2D eigenvalue weighted by atomic mass is 10.5. The standard InChI is InChI=1S/C6H4N2O.ClHO4/c1-2-5-6(7-3-1)9-4-8-5;2-1(3,4)5/h1-4H;(H,2,3,4,5). The van der Waals surface area contributed by atoms with Crippen molar-refractivity contribution >= 4 is 11.2 Å². The number of rotatable bonds is 0. The molecule has 0 amide bonds. The summed E-state index contributed by atoms with van der Waals surface area (Å²) in [6, 6.07) is 3.76. The number of H-pyrrole nitrogens is 1. The monoisotopic (exact) mass is 220 g/mol. The molecule has 1 N–H and O–H groups in total. The van der Waals surface area contributed by atoms with E-state index in [0.717, 1.165) is 11.2 Å². The topological polar surface area (TPSA) is 132 Å². The number of halogens is 1. The molecule has 0 bridgehead atoms. The van der Waals surface area contributed by atoms with Gasteiger partial charge in [0.25, 0.3) is 0 Å². The Balaban J connectivity index is 0.000000171. The summed E-state index contributed by atoms with van der Waals surface area (Å²) in [7, 11) is -4.94. The third kappa shape index (κ3) is 4.12. The average Bonchev–Trinajstić information content (AvgIpc) is 2.47. The first-order valence-corrected chi connectivity index (χ1v) is 4.52. The number of pyridine rings is 1. The van der Waals surface area contributed by atoms with Crippen molar-refractivity contribution in [3.05, 3.63) is 24.7 Å². The van der Waals surface area contributed by atoms with Crippen LogP contribution in [-0.4, -0.2) is 4.98 Å². The smallest absolute Gasteiger partial charge is 0.391 e. The Labute approximate surface area is 80.0 Å². The maximum Gasteiger partial charge on any atom is 0.399 e. The number of nitrogens with zero attached hydrogens (tertiary/aromatic N) is 1. The minimum absolute atomic E-state index is 0.720.